The van der Waals surface area contributed by atoms with Gasteiger partial charge in [-0.15, -0.1) is 0 Å². The van der Waals surface area contributed by atoms with E-state index in [-0.39, 0.29) is 5.41 Å². The maximum Gasteiger partial charge on any atom is 0.160 e. The van der Waals surface area contributed by atoms with Crippen LogP contribution in [0.2, 0.25) is 0 Å². The summed E-state index contributed by atoms with van der Waals surface area (Å²) in [5.41, 5.74) is 17.7. The number of benzene rings is 8. The van der Waals surface area contributed by atoms with Crippen LogP contribution in [0, 0.1) is 0 Å². The second kappa shape index (κ2) is 13.9. The van der Waals surface area contributed by atoms with Crippen molar-refractivity contribution in [3.05, 3.63) is 211 Å². The van der Waals surface area contributed by atoms with E-state index in [1.165, 1.54) is 44.2 Å². The fraction of sp³-hybridized carbons (Fsp3) is 0.0536. The number of pyridine rings is 1. The average molecular weight is 754 g/mol. The molecule has 0 aliphatic heterocycles. The van der Waals surface area contributed by atoms with Crippen LogP contribution in [0.1, 0.15) is 25.0 Å². The Bertz CT molecular complexity index is 3150. The SMILES string of the molecule is CC1(C)c2ccccc2-c2cc3c(-c4cc(-c5ccc(-c6nc(-c7ccccc7)cc(-c7ccccc7)n6)cc5)cc5ccccc45)cc(-c4ccccc4)nc3cc21. The molecule has 3 nitrogen and oxygen atoms in total. The predicted molar refractivity (Wildman–Crippen MR) is 245 cm³/mol. The molecule has 11 rings (SSSR count). The van der Waals surface area contributed by atoms with Crippen molar-refractivity contribution in [3.63, 3.8) is 0 Å². The average Bonchev–Trinajstić information content (AvgIpc) is 3.53. The maximum absolute atomic E-state index is 5.38. The van der Waals surface area contributed by atoms with Gasteiger partial charge in [0, 0.05) is 33.1 Å². The molecule has 8 aromatic carbocycles. The lowest BCUT2D eigenvalue weighted by atomic mass is 9.82. The largest absolute Gasteiger partial charge is 0.248 e. The molecule has 59 heavy (non-hydrogen) atoms. The fourth-order valence-electron chi connectivity index (χ4n) is 9.00. The second-order valence-corrected chi connectivity index (χ2v) is 16.0. The number of rotatable bonds is 6. The van der Waals surface area contributed by atoms with Crippen molar-refractivity contribution in [1.82, 2.24) is 15.0 Å². The van der Waals surface area contributed by atoms with Crippen molar-refractivity contribution < 1.29 is 0 Å². The topological polar surface area (TPSA) is 38.7 Å². The molecule has 0 saturated carbocycles. The highest BCUT2D eigenvalue weighted by Gasteiger charge is 2.36. The number of aromatic nitrogens is 3. The van der Waals surface area contributed by atoms with Gasteiger partial charge in [0.15, 0.2) is 5.82 Å². The summed E-state index contributed by atoms with van der Waals surface area (Å²) >= 11 is 0. The molecule has 0 bridgehead atoms. The third-order valence-electron chi connectivity index (χ3n) is 12.1. The molecule has 1 aliphatic rings. The molecule has 0 amide bonds. The first kappa shape index (κ1) is 34.7. The Labute approximate surface area is 344 Å². The monoisotopic (exact) mass is 753 g/mol. The highest BCUT2D eigenvalue weighted by Crippen LogP contribution is 2.51. The Morgan fingerprint density at radius 1 is 0.322 bits per heavy atom. The Kier molecular flexibility index (Phi) is 8.16. The zero-order valence-electron chi connectivity index (χ0n) is 32.9. The summed E-state index contributed by atoms with van der Waals surface area (Å²) in [5, 5.41) is 3.55. The Hall–Kier alpha value is -7.49. The van der Waals surface area contributed by atoms with Gasteiger partial charge in [-0.3, -0.25) is 0 Å². The normalized spacial score (nSPS) is 12.7. The molecular formula is C56H39N3. The Morgan fingerprint density at radius 3 is 1.53 bits per heavy atom. The quantitative estimate of drug-likeness (QED) is 0.170. The van der Waals surface area contributed by atoms with Gasteiger partial charge >= 0.3 is 0 Å². The number of nitrogens with zero attached hydrogens (tertiary/aromatic N) is 3. The third-order valence-corrected chi connectivity index (χ3v) is 12.1. The van der Waals surface area contributed by atoms with E-state index in [4.69, 9.17) is 15.0 Å². The van der Waals surface area contributed by atoms with Crippen LogP contribution >= 0.6 is 0 Å². The lowest BCUT2D eigenvalue weighted by Gasteiger charge is -2.22. The van der Waals surface area contributed by atoms with Crippen molar-refractivity contribution in [2.45, 2.75) is 19.3 Å². The summed E-state index contributed by atoms with van der Waals surface area (Å²) in [5.74, 6) is 0.699. The van der Waals surface area contributed by atoms with E-state index in [2.05, 4.69) is 202 Å². The molecule has 10 aromatic rings. The van der Waals surface area contributed by atoms with Crippen LogP contribution < -0.4 is 0 Å². The van der Waals surface area contributed by atoms with Crippen LogP contribution in [-0.4, -0.2) is 15.0 Å². The van der Waals surface area contributed by atoms with Crippen molar-refractivity contribution in [3.8, 4) is 78.5 Å². The summed E-state index contributed by atoms with van der Waals surface area (Å²) in [6.45, 7) is 4.67. The molecule has 0 saturated heterocycles. The van der Waals surface area contributed by atoms with Crippen LogP contribution in [0.5, 0.6) is 0 Å². The van der Waals surface area contributed by atoms with E-state index >= 15 is 0 Å². The molecule has 0 fully saturated rings. The summed E-state index contributed by atoms with van der Waals surface area (Å²) < 4.78 is 0. The predicted octanol–water partition coefficient (Wildman–Crippen LogP) is 14.5. The molecule has 278 valence electrons. The fourth-order valence-corrected chi connectivity index (χ4v) is 9.00. The van der Waals surface area contributed by atoms with Gasteiger partial charge in [0.1, 0.15) is 0 Å². The van der Waals surface area contributed by atoms with Crippen LogP contribution in [0.15, 0.2) is 200 Å². The molecule has 0 atom stereocenters. The minimum Gasteiger partial charge on any atom is -0.248 e. The molecule has 0 spiro atoms. The lowest BCUT2D eigenvalue weighted by molar-refractivity contribution is 0.661. The highest BCUT2D eigenvalue weighted by atomic mass is 14.9. The van der Waals surface area contributed by atoms with E-state index in [1.807, 2.05) is 12.1 Å². The number of fused-ring (bicyclic) bond motifs is 5. The van der Waals surface area contributed by atoms with Gasteiger partial charge in [0.25, 0.3) is 0 Å². The minimum atomic E-state index is -0.124. The van der Waals surface area contributed by atoms with E-state index in [9.17, 15) is 0 Å². The van der Waals surface area contributed by atoms with Gasteiger partial charge in [-0.05, 0) is 91.7 Å². The Morgan fingerprint density at radius 2 is 0.864 bits per heavy atom. The van der Waals surface area contributed by atoms with E-state index in [0.29, 0.717) is 5.82 Å². The maximum atomic E-state index is 5.38. The molecule has 1 aliphatic carbocycles. The summed E-state index contributed by atoms with van der Waals surface area (Å²) in [6, 6.07) is 71.4. The molecular weight excluding hydrogens is 715 g/mol. The van der Waals surface area contributed by atoms with Gasteiger partial charge < -0.3 is 0 Å². The number of hydrogen-bond acceptors (Lipinski definition) is 3. The molecule has 0 N–H and O–H groups in total. The van der Waals surface area contributed by atoms with Crippen molar-refractivity contribution in [1.29, 1.82) is 0 Å². The van der Waals surface area contributed by atoms with Gasteiger partial charge in [0.2, 0.25) is 0 Å². The molecule has 2 aromatic heterocycles. The van der Waals surface area contributed by atoms with E-state index < -0.39 is 0 Å². The number of hydrogen-bond donors (Lipinski definition) is 0. The summed E-state index contributed by atoms with van der Waals surface area (Å²) in [6.07, 6.45) is 0. The van der Waals surface area contributed by atoms with Crippen molar-refractivity contribution in [2.75, 3.05) is 0 Å². The summed E-state index contributed by atoms with van der Waals surface area (Å²) in [4.78, 5) is 15.6. The van der Waals surface area contributed by atoms with Gasteiger partial charge in [-0.2, -0.15) is 0 Å². The van der Waals surface area contributed by atoms with Crippen LogP contribution in [0.25, 0.3) is 100 Å². The summed E-state index contributed by atoms with van der Waals surface area (Å²) in [7, 11) is 0. The first-order valence-corrected chi connectivity index (χ1v) is 20.3. The Balaban J connectivity index is 1.08. The molecule has 3 heteroatoms. The standard InChI is InChI=1S/C56H39N3/c1-56(2)49-25-15-14-24-44(49)47-32-48-46(33-51(37-16-6-3-7-17-37)57-54(48)34-50(47)56)45-31-42(30-41-22-12-13-23-43(41)45)36-26-28-40(29-27-36)55-58-52(38-18-8-4-9-19-38)35-53(59-55)39-20-10-5-11-21-39/h3-35H,1-2H3. The van der Waals surface area contributed by atoms with Crippen molar-refractivity contribution >= 4 is 21.7 Å². The van der Waals surface area contributed by atoms with Crippen LogP contribution in [0.4, 0.5) is 0 Å². The van der Waals surface area contributed by atoms with Gasteiger partial charge in [-0.1, -0.05) is 178 Å². The smallest absolute Gasteiger partial charge is 0.160 e. The molecule has 0 radical (unpaired) electrons. The highest BCUT2D eigenvalue weighted by molar-refractivity contribution is 6.09. The van der Waals surface area contributed by atoms with Crippen LogP contribution in [0.3, 0.4) is 0 Å². The minimum absolute atomic E-state index is 0.124. The van der Waals surface area contributed by atoms with E-state index in [0.717, 1.165) is 61.4 Å². The van der Waals surface area contributed by atoms with Crippen LogP contribution in [-0.2, 0) is 5.41 Å². The van der Waals surface area contributed by atoms with Gasteiger partial charge in [0.05, 0.1) is 22.6 Å². The molecule has 2 heterocycles. The van der Waals surface area contributed by atoms with E-state index in [1.54, 1.807) is 0 Å². The zero-order valence-corrected chi connectivity index (χ0v) is 32.9. The second-order valence-electron chi connectivity index (χ2n) is 16.0. The molecule has 0 unspecified atom stereocenters. The van der Waals surface area contributed by atoms with Gasteiger partial charge in [-0.25, -0.2) is 15.0 Å². The third kappa shape index (κ3) is 6.02. The first-order valence-electron chi connectivity index (χ1n) is 20.3. The first-order chi connectivity index (χ1) is 29.0. The zero-order chi connectivity index (χ0) is 39.5. The lowest BCUT2D eigenvalue weighted by Crippen LogP contribution is -2.14. The van der Waals surface area contributed by atoms with Crippen molar-refractivity contribution in [2.24, 2.45) is 0 Å².